The monoisotopic (exact) mass is 408 g/mol. The molecule has 30 heavy (non-hydrogen) atoms. The number of rotatable bonds is 5. The first kappa shape index (κ1) is 20.7. The average Bonchev–Trinajstić information content (AvgIpc) is 3.22. The molecule has 1 aliphatic carbocycles. The summed E-state index contributed by atoms with van der Waals surface area (Å²) >= 11 is 0. The Kier molecular flexibility index (Phi) is 5.01. The van der Waals surface area contributed by atoms with E-state index >= 15 is 0 Å². The number of fused-ring (bicyclic) bond motifs is 2. The van der Waals surface area contributed by atoms with Crippen molar-refractivity contribution in [2.45, 2.75) is 65.9 Å². The minimum atomic E-state index is -1.03. The predicted octanol–water partition coefficient (Wildman–Crippen LogP) is 4.59. The highest BCUT2D eigenvalue weighted by Gasteiger charge is 2.29. The van der Waals surface area contributed by atoms with Gasteiger partial charge in [0.2, 0.25) is 5.91 Å². The molecule has 3 N–H and O–H groups in total. The van der Waals surface area contributed by atoms with Gasteiger partial charge >= 0.3 is 0 Å². The molecule has 6 heteroatoms. The molecule has 1 aromatic carbocycles. The van der Waals surface area contributed by atoms with Gasteiger partial charge < -0.3 is 15.0 Å². The molecule has 1 aliphatic rings. The molecule has 0 saturated heterocycles. The second-order valence-electron chi connectivity index (χ2n) is 9.95. The normalized spacial score (nSPS) is 15.9. The van der Waals surface area contributed by atoms with E-state index in [4.69, 9.17) is 0 Å². The highest BCUT2D eigenvalue weighted by atomic mass is 16.3. The Hall–Kier alpha value is -2.60. The van der Waals surface area contributed by atoms with Crippen molar-refractivity contribution in [3.8, 4) is 11.4 Å². The van der Waals surface area contributed by atoms with E-state index < -0.39 is 5.60 Å². The Morgan fingerprint density at radius 1 is 1.30 bits per heavy atom. The fourth-order valence-electron chi connectivity index (χ4n) is 4.45. The molecule has 0 spiro atoms. The third-order valence-corrected chi connectivity index (χ3v) is 6.03. The van der Waals surface area contributed by atoms with Crippen molar-refractivity contribution in [1.29, 1.82) is 0 Å². The molecule has 2 heterocycles. The van der Waals surface area contributed by atoms with Gasteiger partial charge in [-0.3, -0.25) is 9.89 Å². The Balaban J connectivity index is 1.65. The number of H-pyrrole nitrogens is 2. The number of amides is 1. The van der Waals surface area contributed by atoms with Gasteiger partial charge in [-0.1, -0.05) is 19.9 Å². The van der Waals surface area contributed by atoms with Crippen LogP contribution in [-0.2, 0) is 17.6 Å². The minimum absolute atomic E-state index is 0.0832. The van der Waals surface area contributed by atoms with Gasteiger partial charge in [0.1, 0.15) is 5.69 Å². The van der Waals surface area contributed by atoms with E-state index in [1.54, 1.807) is 18.7 Å². The zero-order valence-electron chi connectivity index (χ0n) is 18.6. The first-order valence-corrected chi connectivity index (χ1v) is 10.8. The number of benzene rings is 1. The second-order valence-corrected chi connectivity index (χ2v) is 9.95. The molecule has 0 bridgehead atoms. The number of anilines is 1. The van der Waals surface area contributed by atoms with Crippen LogP contribution >= 0.6 is 0 Å². The van der Waals surface area contributed by atoms with Crippen molar-refractivity contribution in [2.24, 2.45) is 5.41 Å². The molecule has 0 fully saturated rings. The molecule has 0 unspecified atom stereocenters. The maximum Gasteiger partial charge on any atom is 0.229 e. The predicted molar refractivity (Wildman–Crippen MR) is 121 cm³/mol. The summed E-state index contributed by atoms with van der Waals surface area (Å²) in [4.78, 5) is 17.9. The van der Waals surface area contributed by atoms with Gasteiger partial charge in [-0.05, 0) is 63.6 Å². The summed E-state index contributed by atoms with van der Waals surface area (Å²) < 4.78 is 0. The van der Waals surface area contributed by atoms with Crippen LogP contribution in [0.15, 0.2) is 24.3 Å². The van der Waals surface area contributed by atoms with Gasteiger partial charge in [-0.15, -0.1) is 0 Å². The quantitative estimate of drug-likeness (QED) is 0.577. The third kappa shape index (κ3) is 4.01. The van der Waals surface area contributed by atoms with E-state index in [0.717, 1.165) is 47.2 Å². The molecule has 0 aliphatic heterocycles. The van der Waals surface area contributed by atoms with Crippen LogP contribution in [0.4, 0.5) is 5.69 Å². The number of nitrogens with one attached hydrogen (secondary N) is 2. The molecule has 0 atom stereocenters. The van der Waals surface area contributed by atoms with Crippen molar-refractivity contribution >= 4 is 22.5 Å². The van der Waals surface area contributed by atoms with Crippen molar-refractivity contribution in [1.82, 2.24) is 15.2 Å². The van der Waals surface area contributed by atoms with E-state index in [0.29, 0.717) is 12.0 Å². The van der Waals surface area contributed by atoms with Gasteiger partial charge in [0.05, 0.1) is 17.7 Å². The molecule has 3 aromatic rings. The zero-order chi connectivity index (χ0) is 21.7. The summed E-state index contributed by atoms with van der Waals surface area (Å²) in [6, 6.07) is 8.14. The van der Waals surface area contributed by atoms with E-state index in [-0.39, 0.29) is 12.3 Å². The molecule has 6 nitrogen and oxygen atoms in total. The Morgan fingerprint density at radius 2 is 2.07 bits per heavy atom. The molecule has 2 aromatic heterocycles. The number of nitrogens with zero attached hydrogens (tertiary/aromatic N) is 2. The lowest BCUT2D eigenvalue weighted by atomic mass is 9.76. The number of hydrogen-bond acceptors (Lipinski definition) is 3. The molecular formula is C24H32N4O2. The smallest absolute Gasteiger partial charge is 0.229 e. The summed E-state index contributed by atoms with van der Waals surface area (Å²) in [6.45, 7) is 10.4. The summed E-state index contributed by atoms with van der Waals surface area (Å²) in [5.41, 5.74) is 5.66. The van der Waals surface area contributed by atoms with Crippen LogP contribution in [0.1, 0.15) is 58.7 Å². The molecule has 1 amide bonds. The van der Waals surface area contributed by atoms with Crippen molar-refractivity contribution < 1.29 is 9.90 Å². The van der Waals surface area contributed by atoms with Gasteiger partial charge in [0, 0.05) is 34.4 Å². The van der Waals surface area contributed by atoms with Crippen LogP contribution in [-0.4, -0.2) is 38.3 Å². The fraction of sp³-hybridized carbons (Fsp3) is 0.500. The summed E-state index contributed by atoms with van der Waals surface area (Å²) in [5.74, 6) is -0.0832. The lowest BCUT2D eigenvalue weighted by molar-refractivity contribution is -0.122. The zero-order valence-corrected chi connectivity index (χ0v) is 18.6. The van der Waals surface area contributed by atoms with Crippen LogP contribution < -0.4 is 4.90 Å². The Bertz CT molecular complexity index is 1080. The van der Waals surface area contributed by atoms with Crippen molar-refractivity contribution in [3.05, 3.63) is 35.5 Å². The number of aliphatic hydroxyl groups is 1. The number of aromatic nitrogens is 3. The van der Waals surface area contributed by atoms with Gasteiger partial charge in [0.25, 0.3) is 0 Å². The maximum absolute atomic E-state index is 12.7. The fourth-order valence-corrected chi connectivity index (χ4v) is 4.45. The van der Waals surface area contributed by atoms with Crippen LogP contribution in [0, 0.1) is 5.41 Å². The van der Waals surface area contributed by atoms with E-state index in [1.807, 2.05) is 25.1 Å². The van der Waals surface area contributed by atoms with Crippen LogP contribution in [0.2, 0.25) is 0 Å². The Morgan fingerprint density at radius 3 is 2.77 bits per heavy atom. The van der Waals surface area contributed by atoms with Crippen LogP contribution in [0.5, 0.6) is 0 Å². The average molecular weight is 409 g/mol. The van der Waals surface area contributed by atoms with Crippen molar-refractivity contribution in [3.63, 3.8) is 0 Å². The molecule has 0 radical (unpaired) electrons. The highest BCUT2D eigenvalue weighted by Crippen LogP contribution is 2.38. The SMILES string of the molecule is CCN(C(=O)CC(C)(C)O)c1ccc2cc(-c3n[nH]c4c3CCC(C)(C)C4)[nH]c2c1. The lowest BCUT2D eigenvalue weighted by Crippen LogP contribution is -2.36. The molecule has 160 valence electrons. The minimum Gasteiger partial charge on any atom is -0.390 e. The lowest BCUT2D eigenvalue weighted by Gasteiger charge is -2.28. The summed E-state index contributed by atoms with van der Waals surface area (Å²) in [6.07, 6.45) is 3.30. The number of hydrogen-bond donors (Lipinski definition) is 3. The van der Waals surface area contributed by atoms with Gasteiger partial charge in [-0.25, -0.2) is 0 Å². The summed E-state index contributed by atoms with van der Waals surface area (Å²) in [5, 5.41) is 19.0. The van der Waals surface area contributed by atoms with E-state index in [9.17, 15) is 9.90 Å². The van der Waals surface area contributed by atoms with Gasteiger partial charge in [0.15, 0.2) is 0 Å². The van der Waals surface area contributed by atoms with Crippen LogP contribution in [0.3, 0.4) is 0 Å². The molecule has 0 saturated carbocycles. The van der Waals surface area contributed by atoms with E-state index in [2.05, 4.69) is 35.1 Å². The first-order chi connectivity index (χ1) is 14.1. The molecule has 4 rings (SSSR count). The maximum atomic E-state index is 12.7. The number of carbonyl (C=O) groups is 1. The second kappa shape index (κ2) is 7.27. The van der Waals surface area contributed by atoms with Crippen molar-refractivity contribution in [2.75, 3.05) is 11.4 Å². The number of carbonyl (C=O) groups excluding carboxylic acids is 1. The van der Waals surface area contributed by atoms with E-state index in [1.165, 1.54) is 11.3 Å². The standard InChI is InChI=1S/C24H32N4O2/c1-6-28(21(29)14-24(4,5)30)16-8-7-15-11-19(25-18(15)12-16)22-17-9-10-23(2,3)13-20(17)26-27-22/h7-8,11-12,25,30H,6,9-10,13-14H2,1-5H3,(H,26,27). The molecular weight excluding hydrogens is 376 g/mol. The number of aromatic amines is 2. The highest BCUT2D eigenvalue weighted by molar-refractivity contribution is 5.97. The van der Waals surface area contributed by atoms with Gasteiger partial charge in [-0.2, -0.15) is 5.10 Å². The topological polar surface area (TPSA) is 85.0 Å². The summed E-state index contributed by atoms with van der Waals surface area (Å²) in [7, 11) is 0. The first-order valence-electron chi connectivity index (χ1n) is 10.8. The largest absolute Gasteiger partial charge is 0.390 e. The third-order valence-electron chi connectivity index (χ3n) is 6.03. The Labute approximate surface area is 177 Å². The van der Waals surface area contributed by atoms with Crippen LogP contribution in [0.25, 0.3) is 22.3 Å².